The van der Waals surface area contributed by atoms with Gasteiger partial charge in [-0.3, -0.25) is 4.79 Å². The lowest BCUT2D eigenvalue weighted by Crippen LogP contribution is -2.07. The summed E-state index contributed by atoms with van der Waals surface area (Å²) in [6.45, 7) is 6.52. The minimum absolute atomic E-state index is 0.257. The smallest absolute Gasteiger partial charge is 0.169 e. The van der Waals surface area contributed by atoms with Gasteiger partial charge in [0.1, 0.15) is 10.7 Å². The molecule has 2 nitrogen and oxygen atoms in total. The standard InChI is InChI=1S/C9H13NOS2/c1-9(2,3)13-6-8-10-7(4-11)5-12-8/h4-5H,6H2,1-3H3. The predicted octanol–water partition coefficient (Wildman–Crippen LogP) is 2.99. The average molecular weight is 215 g/mol. The molecule has 0 fully saturated rings. The summed E-state index contributed by atoms with van der Waals surface area (Å²) in [6.07, 6.45) is 0.793. The Kier molecular flexibility index (Phi) is 3.50. The van der Waals surface area contributed by atoms with E-state index in [0.29, 0.717) is 5.69 Å². The van der Waals surface area contributed by atoms with E-state index in [9.17, 15) is 4.79 Å². The Morgan fingerprint density at radius 2 is 2.31 bits per heavy atom. The van der Waals surface area contributed by atoms with Crippen molar-refractivity contribution >= 4 is 29.4 Å². The van der Waals surface area contributed by atoms with E-state index in [-0.39, 0.29) is 4.75 Å². The molecule has 1 aromatic rings. The van der Waals surface area contributed by atoms with Gasteiger partial charge in [0.15, 0.2) is 6.29 Å². The second-order valence-electron chi connectivity index (χ2n) is 3.69. The van der Waals surface area contributed by atoms with Crippen LogP contribution in [0.5, 0.6) is 0 Å². The number of hydrogen-bond acceptors (Lipinski definition) is 4. The molecule has 1 heterocycles. The van der Waals surface area contributed by atoms with Crippen LogP contribution >= 0.6 is 23.1 Å². The van der Waals surface area contributed by atoms with Gasteiger partial charge in [-0.05, 0) is 0 Å². The number of rotatable bonds is 3. The number of nitrogens with zero attached hydrogens (tertiary/aromatic N) is 1. The van der Waals surface area contributed by atoms with Crippen LogP contribution in [-0.4, -0.2) is 16.0 Å². The van der Waals surface area contributed by atoms with Crippen LogP contribution in [0.4, 0.5) is 0 Å². The fourth-order valence-electron chi connectivity index (χ4n) is 0.724. The highest BCUT2D eigenvalue weighted by atomic mass is 32.2. The molecule has 0 aliphatic heterocycles. The van der Waals surface area contributed by atoms with E-state index in [1.165, 1.54) is 0 Å². The maximum atomic E-state index is 10.4. The van der Waals surface area contributed by atoms with Crippen LogP contribution in [0.15, 0.2) is 5.38 Å². The first kappa shape index (κ1) is 10.7. The topological polar surface area (TPSA) is 30.0 Å². The fourth-order valence-corrected chi connectivity index (χ4v) is 2.32. The zero-order chi connectivity index (χ0) is 9.90. The van der Waals surface area contributed by atoms with Crippen LogP contribution in [0.2, 0.25) is 0 Å². The van der Waals surface area contributed by atoms with Crippen LogP contribution in [0.3, 0.4) is 0 Å². The highest BCUT2D eigenvalue weighted by molar-refractivity contribution is 7.99. The Labute approximate surface area is 86.8 Å². The molecular weight excluding hydrogens is 202 g/mol. The number of thiazole rings is 1. The molecule has 0 aromatic carbocycles. The van der Waals surface area contributed by atoms with E-state index in [4.69, 9.17) is 0 Å². The van der Waals surface area contributed by atoms with Gasteiger partial charge in [-0.15, -0.1) is 23.1 Å². The molecule has 0 spiro atoms. The maximum absolute atomic E-state index is 10.4. The van der Waals surface area contributed by atoms with Gasteiger partial charge in [-0.25, -0.2) is 4.98 Å². The van der Waals surface area contributed by atoms with Crippen molar-refractivity contribution in [3.63, 3.8) is 0 Å². The minimum Gasteiger partial charge on any atom is -0.296 e. The third-order valence-corrected chi connectivity index (χ3v) is 3.65. The lowest BCUT2D eigenvalue weighted by atomic mass is 10.3. The molecule has 1 rings (SSSR count). The van der Waals surface area contributed by atoms with Gasteiger partial charge in [0.25, 0.3) is 0 Å². The van der Waals surface area contributed by atoms with Crippen LogP contribution in [0, 0.1) is 0 Å². The largest absolute Gasteiger partial charge is 0.296 e. The summed E-state index contributed by atoms with van der Waals surface area (Å²) in [5.74, 6) is 0.891. The molecule has 0 aliphatic rings. The summed E-state index contributed by atoms with van der Waals surface area (Å²) in [5.41, 5.74) is 0.550. The molecule has 0 unspecified atom stereocenters. The maximum Gasteiger partial charge on any atom is 0.169 e. The second-order valence-corrected chi connectivity index (χ2v) is 6.43. The van der Waals surface area contributed by atoms with Crippen molar-refractivity contribution in [3.8, 4) is 0 Å². The van der Waals surface area contributed by atoms with Crippen molar-refractivity contribution in [1.82, 2.24) is 4.98 Å². The van der Waals surface area contributed by atoms with Crippen molar-refractivity contribution in [2.24, 2.45) is 0 Å². The summed E-state index contributed by atoms with van der Waals surface area (Å²) in [6, 6.07) is 0. The lowest BCUT2D eigenvalue weighted by molar-refractivity contribution is 0.111. The second kappa shape index (κ2) is 4.24. The SMILES string of the molecule is CC(C)(C)SCc1nc(C=O)cs1. The first-order chi connectivity index (χ1) is 6.01. The van der Waals surface area contributed by atoms with Gasteiger partial charge >= 0.3 is 0 Å². The summed E-state index contributed by atoms with van der Waals surface area (Å²) in [5, 5.41) is 2.83. The quantitative estimate of drug-likeness (QED) is 0.726. The normalized spacial score (nSPS) is 11.6. The molecule has 0 radical (unpaired) electrons. The molecule has 0 saturated heterocycles. The van der Waals surface area contributed by atoms with E-state index in [0.717, 1.165) is 17.0 Å². The Balaban J connectivity index is 2.50. The Morgan fingerprint density at radius 1 is 1.62 bits per heavy atom. The molecule has 0 aliphatic carbocycles. The van der Waals surface area contributed by atoms with Crippen LogP contribution in [0.25, 0.3) is 0 Å². The van der Waals surface area contributed by atoms with Crippen LogP contribution < -0.4 is 0 Å². The molecule has 0 bridgehead atoms. The number of hydrogen-bond donors (Lipinski definition) is 0. The monoisotopic (exact) mass is 215 g/mol. The van der Waals surface area contributed by atoms with Crippen molar-refractivity contribution in [2.75, 3.05) is 0 Å². The zero-order valence-electron chi connectivity index (χ0n) is 8.03. The van der Waals surface area contributed by atoms with Crippen molar-refractivity contribution < 1.29 is 4.79 Å². The molecule has 0 amide bonds. The number of carbonyl (C=O) groups excluding carboxylic acids is 1. The molecule has 13 heavy (non-hydrogen) atoms. The van der Waals surface area contributed by atoms with Gasteiger partial charge in [0.2, 0.25) is 0 Å². The van der Waals surface area contributed by atoms with Gasteiger partial charge < -0.3 is 0 Å². The molecular formula is C9H13NOS2. The van der Waals surface area contributed by atoms with Gasteiger partial charge in [0, 0.05) is 15.9 Å². The van der Waals surface area contributed by atoms with E-state index >= 15 is 0 Å². The first-order valence-electron chi connectivity index (χ1n) is 4.05. The average Bonchev–Trinajstić information content (AvgIpc) is 2.47. The third kappa shape index (κ3) is 3.91. The van der Waals surface area contributed by atoms with Crippen molar-refractivity contribution in [3.05, 3.63) is 16.1 Å². The van der Waals surface area contributed by atoms with Crippen molar-refractivity contribution in [2.45, 2.75) is 31.3 Å². The molecule has 4 heteroatoms. The highest BCUT2D eigenvalue weighted by Gasteiger charge is 2.11. The summed E-state index contributed by atoms with van der Waals surface area (Å²) >= 11 is 3.39. The van der Waals surface area contributed by atoms with Crippen LogP contribution in [-0.2, 0) is 5.75 Å². The summed E-state index contributed by atoms with van der Waals surface area (Å²) in [7, 11) is 0. The highest BCUT2D eigenvalue weighted by Crippen LogP contribution is 2.27. The molecule has 0 N–H and O–H groups in total. The third-order valence-electron chi connectivity index (χ3n) is 1.32. The van der Waals surface area contributed by atoms with E-state index in [1.807, 2.05) is 11.8 Å². The van der Waals surface area contributed by atoms with E-state index < -0.39 is 0 Å². The van der Waals surface area contributed by atoms with Gasteiger partial charge in [-0.2, -0.15) is 0 Å². The lowest BCUT2D eigenvalue weighted by Gasteiger charge is -2.15. The van der Waals surface area contributed by atoms with Crippen molar-refractivity contribution in [1.29, 1.82) is 0 Å². The zero-order valence-corrected chi connectivity index (χ0v) is 9.67. The Bertz CT molecular complexity index is 288. The molecule has 1 aromatic heterocycles. The first-order valence-corrected chi connectivity index (χ1v) is 5.91. The Hall–Kier alpha value is -0.350. The minimum atomic E-state index is 0.257. The fraction of sp³-hybridized carbons (Fsp3) is 0.556. The number of aromatic nitrogens is 1. The number of aldehydes is 1. The molecule has 0 atom stereocenters. The van der Waals surface area contributed by atoms with Gasteiger partial charge in [0.05, 0.1) is 0 Å². The Morgan fingerprint density at radius 3 is 2.77 bits per heavy atom. The predicted molar refractivity (Wildman–Crippen MR) is 58.5 cm³/mol. The number of carbonyl (C=O) groups is 1. The van der Waals surface area contributed by atoms with Crippen LogP contribution in [0.1, 0.15) is 36.3 Å². The van der Waals surface area contributed by atoms with E-state index in [2.05, 4.69) is 25.8 Å². The number of thioether (sulfide) groups is 1. The molecule has 0 saturated carbocycles. The molecule has 72 valence electrons. The summed E-state index contributed by atoms with van der Waals surface area (Å²) in [4.78, 5) is 14.5. The van der Waals surface area contributed by atoms with Gasteiger partial charge in [-0.1, -0.05) is 20.8 Å². The van der Waals surface area contributed by atoms with E-state index in [1.54, 1.807) is 16.7 Å². The summed E-state index contributed by atoms with van der Waals surface area (Å²) < 4.78 is 0.257.